The fourth-order valence-electron chi connectivity index (χ4n) is 1.47. The Morgan fingerprint density at radius 3 is 2.69 bits per heavy atom. The van der Waals surface area contributed by atoms with Crippen molar-refractivity contribution in [3.8, 4) is 0 Å². The first kappa shape index (κ1) is 10.7. The molecule has 0 bridgehead atoms. The van der Waals surface area contributed by atoms with Gasteiger partial charge in [-0.05, 0) is 24.6 Å². The summed E-state index contributed by atoms with van der Waals surface area (Å²) in [5.41, 5.74) is 5.50. The third kappa shape index (κ3) is 2.21. The molecule has 16 heavy (non-hydrogen) atoms. The van der Waals surface area contributed by atoms with Gasteiger partial charge in [0.2, 0.25) is 0 Å². The van der Waals surface area contributed by atoms with Crippen LogP contribution in [0.15, 0.2) is 36.9 Å². The molecule has 5 heteroatoms. The van der Waals surface area contributed by atoms with Gasteiger partial charge in [0, 0.05) is 18.1 Å². The van der Waals surface area contributed by atoms with Crippen LogP contribution >= 0.6 is 0 Å². The number of pyridine rings is 1. The molecule has 0 aliphatic carbocycles. The summed E-state index contributed by atoms with van der Waals surface area (Å²) in [6, 6.07) is 5.59. The average Bonchev–Trinajstić information content (AvgIpc) is 2.34. The second kappa shape index (κ2) is 4.78. The molecule has 0 aliphatic rings. The number of nitrogens with zero attached hydrogens (tertiary/aromatic N) is 3. The SMILES string of the molecule is Cc1ccc(C(NN)c2ccncn2)cn1. The van der Waals surface area contributed by atoms with Crippen molar-refractivity contribution >= 4 is 0 Å². The second-order valence-electron chi connectivity index (χ2n) is 3.47. The van der Waals surface area contributed by atoms with Crippen LogP contribution in [0.2, 0.25) is 0 Å². The van der Waals surface area contributed by atoms with Crippen LogP contribution in [0.5, 0.6) is 0 Å². The minimum atomic E-state index is -0.156. The van der Waals surface area contributed by atoms with Crippen molar-refractivity contribution in [3.63, 3.8) is 0 Å². The third-order valence-corrected chi connectivity index (χ3v) is 2.33. The van der Waals surface area contributed by atoms with Crippen molar-refractivity contribution in [1.29, 1.82) is 0 Å². The smallest absolute Gasteiger partial charge is 0.115 e. The van der Waals surface area contributed by atoms with Gasteiger partial charge in [-0.1, -0.05) is 6.07 Å². The van der Waals surface area contributed by atoms with Crippen molar-refractivity contribution in [2.75, 3.05) is 0 Å². The lowest BCUT2D eigenvalue weighted by Crippen LogP contribution is -2.29. The summed E-state index contributed by atoms with van der Waals surface area (Å²) in [5, 5.41) is 0. The highest BCUT2D eigenvalue weighted by Gasteiger charge is 2.13. The molecule has 0 fully saturated rings. The van der Waals surface area contributed by atoms with Crippen LogP contribution in [0.3, 0.4) is 0 Å². The number of hydrazine groups is 1. The Bertz CT molecular complexity index is 440. The highest BCUT2D eigenvalue weighted by atomic mass is 15.2. The van der Waals surface area contributed by atoms with Crippen LogP contribution in [0.4, 0.5) is 0 Å². The van der Waals surface area contributed by atoms with Gasteiger partial charge in [0.25, 0.3) is 0 Å². The normalized spacial score (nSPS) is 12.4. The van der Waals surface area contributed by atoms with Crippen LogP contribution in [-0.4, -0.2) is 15.0 Å². The fourth-order valence-corrected chi connectivity index (χ4v) is 1.47. The average molecular weight is 215 g/mol. The molecule has 2 heterocycles. The lowest BCUT2D eigenvalue weighted by atomic mass is 10.1. The first-order chi connectivity index (χ1) is 7.81. The van der Waals surface area contributed by atoms with Crippen molar-refractivity contribution in [2.24, 2.45) is 5.84 Å². The fraction of sp³-hybridized carbons (Fsp3) is 0.182. The number of hydrogen-bond acceptors (Lipinski definition) is 5. The number of nitrogens with two attached hydrogens (primary N) is 1. The number of hydrogen-bond donors (Lipinski definition) is 2. The summed E-state index contributed by atoms with van der Waals surface area (Å²) >= 11 is 0. The highest BCUT2D eigenvalue weighted by molar-refractivity contribution is 5.25. The molecular formula is C11H13N5. The topological polar surface area (TPSA) is 76.7 Å². The Labute approximate surface area is 93.7 Å². The van der Waals surface area contributed by atoms with Gasteiger partial charge in [-0.15, -0.1) is 0 Å². The van der Waals surface area contributed by atoms with Crippen molar-refractivity contribution in [1.82, 2.24) is 20.4 Å². The van der Waals surface area contributed by atoms with Gasteiger partial charge in [-0.25, -0.2) is 15.4 Å². The van der Waals surface area contributed by atoms with Crippen molar-refractivity contribution in [2.45, 2.75) is 13.0 Å². The molecule has 0 radical (unpaired) electrons. The molecule has 0 saturated heterocycles. The Morgan fingerprint density at radius 2 is 2.12 bits per heavy atom. The van der Waals surface area contributed by atoms with E-state index in [0.717, 1.165) is 17.0 Å². The number of nitrogens with one attached hydrogen (secondary N) is 1. The number of aryl methyl sites for hydroxylation is 1. The minimum Gasteiger partial charge on any atom is -0.271 e. The van der Waals surface area contributed by atoms with E-state index >= 15 is 0 Å². The first-order valence-electron chi connectivity index (χ1n) is 4.96. The molecule has 0 aromatic carbocycles. The standard InChI is InChI=1S/C11H13N5/c1-8-2-3-9(6-14-8)11(16-12)10-4-5-13-7-15-10/h2-7,11,16H,12H2,1H3. The Balaban J connectivity index is 2.33. The van der Waals surface area contributed by atoms with E-state index in [1.54, 1.807) is 12.4 Å². The summed E-state index contributed by atoms with van der Waals surface area (Å²) in [6.45, 7) is 1.94. The minimum absolute atomic E-state index is 0.156. The molecule has 1 atom stereocenters. The van der Waals surface area contributed by atoms with Crippen LogP contribution < -0.4 is 11.3 Å². The van der Waals surface area contributed by atoms with E-state index in [2.05, 4.69) is 20.4 Å². The van der Waals surface area contributed by atoms with Crippen LogP contribution in [0, 0.1) is 6.92 Å². The van der Waals surface area contributed by atoms with Gasteiger partial charge in [0.1, 0.15) is 6.33 Å². The maximum atomic E-state index is 5.54. The highest BCUT2D eigenvalue weighted by Crippen LogP contribution is 2.17. The first-order valence-corrected chi connectivity index (χ1v) is 4.96. The van der Waals surface area contributed by atoms with E-state index in [0.29, 0.717) is 0 Å². The zero-order valence-corrected chi connectivity index (χ0v) is 8.96. The summed E-state index contributed by atoms with van der Waals surface area (Å²) in [7, 11) is 0. The molecule has 2 aromatic rings. The summed E-state index contributed by atoms with van der Waals surface area (Å²) in [6.07, 6.45) is 4.98. The second-order valence-corrected chi connectivity index (χ2v) is 3.47. The largest absolute Gasteiger partial charge is 0.271 e. The maximum absolute atomic E-state index is 5.54. The molecule has 1 unspecified atom stereocenters. The van der Waals surface area contributed by atoms with Gasteiger partial charge in [0.05, 0.1) is 11.7 Å². The molecule has 0 amide bonds. The van der Waals surface area contributed by atoms with Crippen LogP contribution in [0.25, 0.3) is 0 Å². The van der Waals surface area contributed by atoms with Gasteiger partial charge >= 0.3 is 0 Å². The summed E-state index contributed by atoms with van der Waals surface area (Å²) < 4.78 is 0. The number of aromatic nitrogens is 3. The predicted octanol–water partition coefficient (Wildman–Crippen LogP) is 0.733. The molecule has 2 rings (SSSR count). The lowest BCUT2D eigenvalue weighted by molar-refractivity contribution is 0.616. The number of rotatable bonds is 3. The molecular weight excluding hydrogens is 202 g/mol. The van der Waals surface area contributed by atoms with E-state index in [1.807, 2.05) is 25.1 Å². The molecule has 2 aromatic heterocycles. The molecule has 82 valence electrons. The Hall–Kier alpha value is -1.85. The van der Waals surface area contributed by atoms with Gasteiger partial charge in [-0.3, -0.25) is 10.8 Å². The maximum Gasteiger partial charge on any atom is 0.115 e. The molecule has 0 aliphatic heterocycles. The molecule has 5 nitrogen and oxygen atoms in total. The predicted molar refractivity (Wildman–Crippen MR) is 60.2 cm³/mol. The summed E-state index contributed by atoms with van der Waals surface area (Å²) in [4.78, 5) is 12.3. The van der Waals surface area contributed by atoms with E-state index < -0.39 is 0 Å². The van der Waals surface area contributed by atoms with E-state index in [9.17, 15) is 0 Å². The summed E-state index contributed by atoms with van der Waals surface area (Å²) in [5.74, 6) is 5.54. The zero-order valence-electron chi connectivity index (χ0n) is 8.96. The van der Waals surface area contributed by atoms with Gasteiger partial charge < -0.3 is 0 Å². The quantitative estimate of drug-likeness (QED) is 0.583. The monoisotopic (exact) mass is 215 g/mol. The molecule has 3 N–H and O–H groups in total. The Kier molecular flexibility index (Phi) is 3.19. The van der Waals surface area contributed by atoms with Gasteiger partial charge in [-0.2, -0.15) is 0 Å². The Morgan fingerprint density at radius 1 is 1.25 bits per heavy atom. The molecule has 0 spiro atoms. The van der Waals surface area contributed by atoms with E-state index in [-0.39, 0.29) is 6.04 Å². The van der Waals surface area contributed by atoms with Crippen LogP contribution in [-0.2, 0) is 0 Å². The van der Waals surface area contributed by atoms with E-state index in [1.165, 1.54) is 6.33 Å². The third-order valence-electron chi connectivity index (χ3n) is 2.33. The zero-order chi connectivity index (χ0) is 11.4. The van der Waals surface area contributed by atoms with Crippen molar-refractivity contribution in [3.05, 3.63) is 53.9 Å². The van der Waals surface area contributed by atoms with Crippen LogP contribution in [0.1, 0.15) is 23.0 Å². The van der Waals surface area contributed by atoms with Gasteiger partial charge in [0.15, 0.2) is 0 Å². The molecule has 0 saturated carbocycles. The van der Waals surface area contributed by atoms with Crippen molar-refractivity contribution < 1.29 is 0 Å². The lowest BCUT2D eigenvalue weighted by Gasteiger charge is -2.14. The van der Waals surface area contributed by atoms with E-state index in [4.69, 9.17) is 5.84 Å².